The first-order valence-electron chi connectivity index (χ1n) is 6.31. The largest absolute Gasteiger partial charge is 0.497 e. The summed E-state index contributed by atoms with van der Waals surface area (Å²) in [5.74, 6) is 0.839. The summed E-state index contributed by atoms with van der Waals surface area (Å²) in [6, 6.07) is 10.0. The maximum atomic E-state index is 5.23. The van der Waals surface area contributed by atoms with E-state index in [9.17, 15) is 0 Å². The van der Waals surface area contributed by atoms with Crippen molar-refractivity contribution in [1.29, 1.82) is 0 Å². The summed E-state index contributed by atoms with van der Waals surface area (Å²) in [4.78, 5) is 10.8. The number of anilines is 1. The molecule has 0 spiro atoms. The Morgan fingerprint density at radius 3 is 2.75 bits per heavy atom. The molecule has 0 saturated heterocycles. The molecule has 0 aliphatic carbocycles. The Balaban J connectivity index is 1.86. The Hall–Kier alpha value is -2.14. The van der Waals surface area contributed by atoms with Crippen molar-refractivity contribution in [3.8, 4) is 5.75 Å². The fourth-order valence-electron chi connectivity index (χ4n) is 2.02. The van der Waals surface area contributed by atoms with Crippen LogP contribution >= 0.6 is 11.3 Å². The van der Waals surface area contributed by atoms with Crippen molar-refractivity contribution in [3.05, 3.63) is 48.3 Å². The third-order valence-corrected chi connectivity index (χ3v) is 4.23. The summed E-state index contributed by atoms with van der Waals surface area (Å²) >= 11 is 1.69. The molecule has 0 fully saturated rings. The van der Waals surface area contributed by atoms with Gasteiger partial charge < -0.3 is 9.64 Å². The molecule has 2 heterocycles. The van der Waals surface area contributed by atoms with E-state index in [2.05, 4.69) is 28.0 Å². The molecule has 0 unspecified atom stereocenters. The standard InChI is InChI=1S/C15H15N3OS/c1-18(10-11-5-7-16-8-6-11)15-17-13-9-12(19-2)3-4-14(13)20-15/h3-9H,10H2,1-2H3. The van der Waals surface area contributed by atoms with E-state index in [1.165, 1.54) is 10.3 Å². The summed E-state index contributed by atoms with van der Waals surface area (Å²) in [7, 11) is 3.72. The quantitative estimate of drug-likeness (QED) is 0.737. The van der Waals surface area contributed by atoms with Crippen molar-refractivity contribution in [2.24, 2.45) is 0 Å². The maximum absolute atomic E-state index is 5.23. The zero-order valence-corrected chi connectivity index (χ0v) is 12.2. The summed E-state index contributed by atoms with van der Waals surface area (Å²) in [6.45, 7) is 0.819. The molecule has 0 aliphatic heterocycles. The van der Waals surface area contributed by atoms with Crippen LogP contribution in [0.2, 0.25) is 0 Å². The second kappa shape index (κ2) is 5.46. The lowest BCUT2D eigenvalue weighted by Gasteiger charge is -2.15. The van der Waals surface area contributed by atoms with Crippen molar-refractivity contribution >= 4 is 26.7 Å². The Morgan fingerprint density at radius 1 is 1.20 bits per heavy atom. The normalized spacial score (nSPS) is 10.7. The van der Waals surface area contributed by atoms with Gasteiger partial charge in [-0.1, -0.05) is 11.3 Å². The van der Waals surface area contributed by atoms with Crippen LogP contribution in [0.5, 0.6) is 5.75 Å². The number of aromatic nitrogens is 2. The molecule has 20 heavy (non-hydrogen) atoms. The van der Waals surface area contributed by atoms with E-state index >= 15 is 0 Å². The molecular formula is C15H15N3OS. The molecule has 4 nitrogen and oxygen atoms in total. The number of pyridine rings is 1. The van der Waals surface area contributed by atoms with Gasteiger partial charge in [0.05, 0.1) is 17.3 Å². The Bertz CT molecular complexity index is 711. The lowest BCUT2D eigenvalue weighted by Crippen LogP contribution is -2.15. The zero-order chi connectivity index (χ0) is 13.9. The highest BCUT2D eigenvalue weighted by Gasteiger charge is 2.09. The predicted molar refractivity (Wildman–Crippen MR) is 82.5 cm³/mol. The molecule has 5 heteroatoms. The number of fused-ring (bicyclic) bond motifs is 1. The van der Waals surface area contributed by atoms with Gasteiger partial charge in [-0.2, -0.15) is 0 Å². The minimum atomic E-state index is 0.819. The van der Waals surface area contributed by atoms with Crippen molar-refractivity contribution in [1.82, 2.24) is 9.97 Å². The number of benzene rings is 1. The average Bonchev–Trinajstić information content (AvgIpc) is 2.91. The highest BCUT2D eigenvalue weighted by molar-refractivity contribution is 7.22. The SMILES string of the molecule is COc1ccc2sc(N(C)Cc3ccncc3)nc2c1. The molecule has 0 amide bonds. The van der Waals surface area contributed by atoms with E-state index in [4.69, 9.17) is 4.74 Å². The van der Waals surface area contributed by atoms with E-state index in [1.807, 2.05) is 36.7 Å². The number of methoxy groups -OCH3 is 1. The van der Waals surface area contributed by atoms with Crippen LogP contribution < -0.4 is 9.64 Å². The molecule has 0 N–H and O–H groups in total. The fraction of sp³-hybridized carbons (Fsp3) is 0.200. The smallest absolute Gasteiger partial charge is 0.186 e. The molecule has 102 valence electrons. The van der Waals surface area contributed by atoms with E-state index in [-0.39, 0.29) is 0 Å². The van der Waals surface area contributed by atoms with Gasteiger partial charge in [-0.3, -0.25) is 4.98 Å². The second-order valence-electron chi connectivity index (χ2n) is 4.54. The highest BCUT2D eigenvalue weighted by atomic mass is 32.1. The summed E-state index contributed by atoms with van der Waals surface area (Å²) in [5, 5.41) is 1.00. The molecule has 1 aromatic carbocycles. The van der Waals surface area contributed by atoms with Crippen LogP contribution in [0.15, 0.2) is 42.7 Å². The minimum Gasteiger partial charge on any atom is -0.497 e. The van der Waals surface area contributed by atoms with Crippen molar-refractivity contribution in [3.63, 3.8) is 0 Å². The van der Waals surface area contributed by atoms with Crippen LogP contribution in [0.1, 0.15) is 5.56 Å². The van der Waals surface area contributed by atoms with Gasteiger partial charge in [0.2, 0.25) is 0 Å². The van der Waals surface area contributed by atoms with Gasteiger partial charge in [0.15, 0.2) is 5.13 Å². The Morgan fingerprint density at radius 2 is 2.00 bits per heavy atom. The Kier molecular flexibility index (Phi) is 3.52. The molecular weight excluding hydrogens is 270 g/mol. The molecule has 0 radical (unpaired) electrons. The van der Waals surface area contributed by atoms with Crippen LogP contribution in [0, 0.1) is 0 Å². The monoisotopic (exact) mass is 285 g/mol. The number of nitrogens with zero attached hydrogens (tertiary/aromatic N) is 3. The topological polar surface area (TPSA) is 38.2 Å². The van der Waals surface area contributed by atoms with Gasteiger partial charge in [0, 0.05) is 32.1 Å². The van der Waals surface area contributed by atoms with Crippen LogP contribution in [-0.2, 0) is 6.54 Å². The van der Waals surface area contributed by atoms with Gasteiger partial charge in [0.25, 0.3) is 0 Å². The van der Waals surface area contributed by atoms with Crippen LogP contribution in [-0.4, -0.2) is 24.1 Å². The van der Waals surface area contributed by atoms with Crippen LogP contribution in [0.25, 0.3) is 10.2 Å². The number of hydrogen-bond donors (Lipinski definition) is 0. The minimum absolute atomic E-state index is 0.819. The van der Waals surface area contributed by atoms with E-state index in [0.29, 0.717) is 0 Å². The number of ether oxygens (including phenoxy) is 1. The molecule has 0 aliphatic rings. The van der Waals surface area contributed by atoms with Gasteiger partial charge in [-0.15, -0.1) is 0 Å². The van der Waals surface area contributed by atoms with Crippen molar-refractivity contribution in [2.75, 3.05) is 19.1 Å². The zero-order valence-electron chi connectivity index (χ0n) is 11.4. The molecule has 2 aromatic heterocycles. The van der Waals surface area contributed by atoms with Gasteiger partial charge >= 0.3 is 0 Å². The first-order valence-corrected chi connectivity index (χ1v) is 7.12. The average molecular weight is 285 g/mol. The molecule has 3 aromatic rings. The van der Waals surface area contributed by atoms with Crippen molar-refractivity contribution < 1.29 is 4.74 Å². The first-order chi connectivity index (χ1) is 9.76. The molecule has 0 atom stereocenters. The fourth-order valence-corrected chi connectivity index (χ4v) is 2.92. The van der Waals surface area contributed by atoms with Crippen LogP contribution in [0.3, 0.4) is 0 Å². The molecule has 0 bridgehead atoms. The highest BCUT2D eigenvalue weighted by Crippen LogP contribution is 2.31. The number of rotatable bonds is 4. The van der Waals surface area contributed by atoms with Crippen LogP contribution in [0.4, 0.5) is 5.13 Å². The number of hydrogen-bond acceptors (Lipinski definition) is 5. The lowest BCUT2D eigenvalue weighted by molar-refractivity contribution is 0.415. The van der Waals surface area contributed by atoms with E-state index < -0.39 is 0 Å². The van der Waals surface area contributed by atoms with Gasteiger partial charge in [-0.05, 0) is 29.8 Å². The second-order valence-corrected chi connectivity index (χ2v) is 5.55. The first kappa shape index (κ1) is 12.9. The third kappa shape index (κ3) is 2.58. The lowest BCUT2D eigenvalue weighted by atomic mass is 10.2. The van der Waals surface area contributed by atoms with Crippen molar-refractivity contribution in [2.45, 2.75) is 6.54 Å². The maximum Gasteiger partial charge on any atom is 0.186 e. The Labute approximate surface area is 121 Å². The summed E-state index contributed by atoms with van der Waals surface area (Å²) in [5.41, 5.74) is 2.20. The number of thiazole rings is 1. The van der Waals surface area contributed by atoms with Gasteiger partial charge in [0.1, 0.15) is 5.75 Å². The van der Waals surface area contributed by atoms with E-state index in [1.54, 1.807) is 18.4 Å². The summed E-state index contributed by atoms with van der Waals surface area (Å²) in [6.07, 6.45) is 3.62. The summed E-state index contributed by atoms with van der Waals surface area (Å²) < 4.78 is 6.40. The van der Waals surface area contributed by atoms with Gasteiger partial charge in [-0.25, -0.2) is 4.98 Å². The molecule has 0 saturated carbocycles. The molecule has 3 rings (SSSR count). The third-order valence-electron chi connectivity index (χ3n) is 3.08. The van der Waals surface area contributed by atoms with E-state index in [0.717, 1.165) is 22.9 Å². The predicted octanol–water partition coefficient (Wildman–Crippen LogP) is 3.34.